The standard InChI is InChI=1S/C11H19N3O6S/c1-11(2-3-21(19,20)7-11)13-9(16)5-14(4-8(12)15)6-10(17)18/h2-7H2,1H3,(H2,12,15)(H,13,16)(H,17,18). The fourth-order valence-corrected chi connectivity index (χ4v) is 4.36. The highest BCUT2D eigenvalue weighted by molar-refractivity contribution is 7.91. The average Bonchev–Trinajstić information content (AvgIpc) is 2.49. The van der Waals surface area contributed by atoms with Crippen molar-refractivity contribution in [3.63, 3.8) is 0 Å². The van der Waals surface area contributed by atoms with Crippen LogP contribution in [0.25, 0.3) is 0 Å². The summed E-state index contributed by atoms with van der Waals surface area (Å²) in [4.78, 5) is 34.5. The molecule has 0 bridgehead atoms. The van der Waals surface area contributed by atoms with Crippen LogP contribution in [0.2, 0.25) is 0 Å². The molecular weight excluding hydrogens is 302 g/mol. The lowest BCUT2D eigenvalue weighted by Gasteiger charge is -2.26. The number of nitrogens with zero attached hydrogens (tertiary/aromatic N) is 1. The molecule has 1 saturated heterocycles. The number of carbonyl (C=O) groups excluding carboxylic acids is 2. The zero-order chi connectivity index (χ0) is 16.3. The number of carboxylic acid groups (broad SMARTS) is 1. The van der Waals surface area contributed by atoms with Crippen molar-refractivity contribution in [3.8, 4) is 0 Å². The number of carbonyl (C=O) groups is 3. The zero-order valence-electron chi connectivity index (χ0n) is 11.7. The maximum absolute atomic E-state index is 11.9. The van der Waals surface area contributed by atoms with E-state index in [1.54, 1.807) is 6.92 Å². The van der Waals surface area contributed by atoms with Crippen LogP contribution in [0.5, 0.6) is 0 Å². The summed E-state index contributed by atoms with van der Waals surface area (Å²) < 4.78 is 22.9. The summed E-state index contributed by atoms with van der Waals surface area (Å²) in [6, 6.07) is 0. The zero-order valence-corrected chi connectivity index (χ0v) is 12.5. The van der Waals surface area contributed by atoms with Crippen LogP contribution in [0.3, 0.4) is 0 Å². The second-order valence-corrected chi connectivity index (χ2v) is 7.64. The topological polar surface area (TPSA) is 147 Å². The number of sulfone groups is 1. The number of carboxylic acids is 1. The monoisotopic (exact) mass is 321 g/mol. The quantitative estimate of drug-likeness (QED) is 0.471. The molecule has 0 radical (unpaired) electrons. The third-order valence-corrected chi connectivity index (χ3v) is 4.95. The lowest BCUT2D eigenvalue weighted by atomic mass is 10.0. The van der Waals surface area contributed by atoms with Crippen molar-refractivity contribution in [2.45, 2.75) is 18.9 Å². The van der Waals surface area contributed by atoms with Gasteiger partial charge in [-0.3, -0.25) is 19.3 Å². The molecule has 1 unspecified atom stereocenters. The summed E-state index contributed by atoms with van der Waals surface area (Å²) in [6.45, 7) is 0.399. The van der Waals surface area contributed by atoms with Crippen molar-refractivity contribution in [1.82, 2.24) is 10.2 Å². The van der Waals surface area contributed by atoms with Crippen molar-refractivity contribution >= 4 is 27.6 Å². The Balaban J connectivity index is 2.61. The summed E-state index contributed by atoms with van der Waals surface area (Å²) in [5, 5.41) is 11.3. The lowest BCUT2D eigenvalue weighted by molar-refractivity contribution is -0.139. The van der Waals surface area contributed by atoms with Crippen LogP contribution in [-0.4, -0.2) is 72.9 Å². The Kier molecular flexibility index (Phi) is 5.29. The molecule has 21 heavy (non-hydrogen) atoms. The minimum Gasteiger partial charge on any atom is -0.480 e. The predicted molar refractivity (Wildman–Crippen MR) is 73.1 cm³/mol. The van der Waals surface area contributed by atoms with E-state index >= 15 is 0 Å². The molecule has 0 aromatic heterocycles. The van der Waals surface area contributed by atoms with Crippen molar-refractivity contribution in [3.05, 3.63) is 0 Å². The van der Waals surface area contributed by atoms with Crippen LogP contribution >= 0.6 is 0 Å². The first-order valence-electron chi connectivity index (χ1n) is 6.25. The van der Waals surface area contributed by atoms with E-state index in [1.807, 2.05) is 0 Å². The Hall–Kier alpha value is -1.68. The number of aliphatic carboxylic acids is 1. The number of hydrogen-bond acceptors (Lipinski definition) is 6. The minimum absolute atomic E-state index is 0.00388. The number of nitrogens with two attached hydrogens (primary N) is 1. The third kappa shape index (κ3) is 6.08. The van der Waals surface area contributed by atoms with Gasteiger partial charge in [0.15, 0.2) is 9.84 Å². The van der Waals surface area contributed by atoms with Crippen LogP contribution in [0.15, 0.2) is 0 Å². The minimum atomic E-state index is -3.16. The van der Waals surface area contributed by atoms with E-state index in [2.05, 4.69) is 5.32 Å². The Labute approximate surface area is 122 Å². The molecule has 1 fully saturated rings. The maximum atomic E-state index is 11.9. The smallest absolute Gasteiger partial charge is 0.317 e. The summed E-state index contributed by atoms with van der Waals surface area (Å²) in [5.41, 5.74) is 4.12. The van der Waals surface area contributed by atoms with E-state index in [0.29, 0.717) is 6.42 Å². The van der Waals surface area contributed by atoms with Gasteiger partial charge in [0.1, 0.15) is 0 Å². The second-order valence-electron chi connectivity index (χ2n) is 5.46. The molecule has 0 aromatic carbocycles. The van der Waals surface area contributed by atoms with E-state index in [-0.39, 0.29) is 24.6 Å². The Morgan fingerprint density at radius 1 is 1.29 bits per heavy atom. The van der Waals surface area contributed by atoms with E-state index in [4.69, 9.17) is 10.8 Å². The van der Waals surface area contributed by atoms with Crippen LogP contribution in [0.4, 0.5) is 0 Å². The fourth-order valence-electron chi connectivity index (χ4n) is 2.27. The first-order chi connectivity index (χ1) is 9.51. The largest absolute Gasteiger partial charge is 0.480 e. The lowest BCUT2D eigenvalue weighted by Crippen LogP contribution is -2.51. The molecule has 10 heteroatoms. The summed E-state index contributed by atoms with van der Waals surface area (Å²) in [5.74, 6) is -2.64. The maximum Gasteiger partial charge on any atom is 0.317 e. The van der Waals surface area contributed by atoms with Gasteiger partial charge in [0.25, 0.3) is 0 Å². The van der Waals surface area contributed by atoms with Gasteiger partial charge in [-0.1, -0.05) is 0 Å². The molecular formula is C11H19N3O6S. The number of nitrogens with one attached hydrogen (secondary N) is 1. The molecule has 4 N–H and O–H groups in total. The van der Waals surface area contributed by atoms with Crippen molar-refractivity contribution < 1.29 is 27.9 Å². The normalized spacial score (nSPS) is 23.9. The van der Waals surface area contributed by atoms with Crippen molar-refractivity contribution in [2.24, 2.45) is 5.73 Å². The Morgan fingerprint density at radius 2 is 1.90 bits per heavy atom. The molecule has 120 valence electrons. The van der Waals surface area contributed by atoms with Gasteiger partial charge in [-0.25, -0.2) is 8.42 Å². The van der Waals surface area contributed by atoms with Gasteiger partial charge in [0.05, 0.1) is 36.7 Å². The average molecular weight is 321 g/mol. The van der Waals surface area contributed by atoms with Crippen molar-refractivity contribution in [1.29, 1.82) is 0 Å². The highest BCUT2D eigenvalue weighted by Crippen LogP contribution is 2.22. The van der Waals surface area contributed by atoms with Gasteiger partial charge < -0.3 is 16.2 Å². The molecule has 0 aromatic rings. The van der Waals surface area contributed by atoms with Crippen LogP contribution in [0.1, 0.15) is 13.3 Å². The Bertz CT molecular complexity index is 530. The van der Waals surface area contributed by atoms with Gasteiger partial charge in [-0.05, 0) is 13.3 Å². The number of primary amides is 1. The number of rotatable bonds is 7. The predicted octanol–water partition coefficient (Wildman–Crippen LogP) is -2.45. The molecule has 1 atom stereocenters. The highest BCUT2D eigenvalue weighted by Gasteiger charge is 2.39. The summed E-state index contributed by atoms with van der Waals surface area (Å²) in [7, 11) is -3.16. The SMILES string of the molecule is CC1(NC(=O)CN(CC(N)=O)CC(=O)O)CCS(=O)(=O)C1. The van der Waals surface area contributed by atoms with Gasteiger partial charge in [0, 0.05) is 0 Å². The molecule has 0 aliphatic carbocycles. The Morgan fingerprint density at radius 3 is 2.33 bits per heavy atom. The van der Waals surface area contributed by atoms with Crippen LogP contribution < -0.4 is 11.1 Å². The van der Waals surface area contributed by atoms with Gasteiger partial charge in [-0.15, -0.1) is 0 Å². The number of hydrogen-bond donors (Lipinski definition) is 3. The van der Waals surface area contributed by atoms with Crippen LogP contribution in [0, 0.1) is 0 Å². The first-order valence-corrected chi connectivity index (χ1v) is 8.07. The van der Waals surface area contributed by atoms with Gasteiger partial charge in [-0.2, -0.15) is 0 Å². The summed E-state index contributed by atoms with van der Waals surface area (Å²) in [6.07, 6.45) is 0.301. The van der Waals surface area contributed by atoms with E-state index in [9.17, 15) is 22.8 Å². The first kappa shape index (κ1) is 17.4. The fraction of sp³-hybridized carbons (Fsp3) is 0.727. The highest BCUT2D eigenvalue weighted by atomic mass is 32.2. The molecule has 2 amide bonds. The molecule has 1 aliphatic rings. The molecule has 1 rings (SSSR count). The molecule has 9 nitrogen and oxygen atoms in total. The van der Waals surface area contributed by atoms with E-state index in [0.717, 1.165) is 4.90 Å². The molecule has 1 heterocycles. The molecule has 1 aliphatic heterocycles. The van der Waals surface area contributed by atoms with Crippen LogP contribution in [-0.2, 0) is 24.2 Å². The van der Waals surface area contributed by atoms with E-state index in [1.165, 1.54) is 0 Å². The summed E-state index contributed by atoms with van der Waals surface area (Å²) >= 11 is 0. The molecule has 0 saturated carbocycles. The second kappa shape index (κ2) is 6.39. The third-order valence-electron chi connectivity index (χ3n) is 3.05. The number of amides is 2. The van der Waals surface area contributed by atoms with E-state index < -0.39 is 39.7 Å². The molecule has 0 spiro atoms. The van der Waals surface area contributed by atoms with Gasteiger partial charge >= 0.3 is 5.97 Å². The van der Waals surface area contributed by atoms with Crippen molar-refractivity contribution in [2.75, 3.05) is 31.1 Å². The van der Waals surface area contributed by atoms with Gasteiger partial charge in [0.2, 0.25) is 11.8 Å².